The lowest BCUT2D eigenvalue weighted by molar-refractivity contribution is 0.177. The average Bonchev–Trinajstić information content (AvgIpc) is 3.25. The topological polar surface area (TPSA) is 70.6 Å². The van der Waals surface area contributed by atoms with Crippen molar-refractivity contribution in [2.75, 3.05) is 38.2 Å². The predicted molar refractivity (Wildman–Crippen MR) is 152 cm³/mol. The van der Waals surface area contributed by atoms with E-state index in [1.807, 2.05) is 29.2 Å². The van der Waals surface area contributed by atoms with Crippen LogP contribution >= 0.6 is 34.8 Å². The Balaban J connectivity index is 1.27. The maximum atomic E-state index is 13.3. The highest BCUT2D eigenvalue weighted by molar-refractivity contribution is 6.42. The average molecular weight is 573 g/mol. The number of likely N-dealkylation sites (tertiary alicyclic amines) is 1. The van der Waals surface area contributed by atoms with Crippen LogP contribution in [-0.2, 0) is 12.0 Å². The third-order valence-corrected chi connectivity index (χ3v) is 8.23. The quantitative estimate of drug-likeness (QED) is 0.355. The van der Waals surface area contributed by atoms with Crippen LogP contribution in [0.15, 0.2) is 54.9 Å². The Hall–Kier alpha value is -2.84. The van der Waals surface area contributed by atoms with Gasteiger partial charge in [-0.25, -0.2) is 14.8 Å². The number of piperidine rings is 1. The molecule has 3 aromatic rings. The number of hydrogen-bond donors (Lipinski definition) is 1. The minimum absolute atomic E-state index is 0.156. The molecule has 1 aromatic carbocycles. The molecule has 1 saturated heterocycles. The molecule has 1 spiro atoms. The van der Waals surface area contributed by atoms with Crippen molar-refractivity contribution in [2.45, 2.75) is 24.8 Å². The van der Waals surface area contributed by atoms with E-state index in [-0.39, 0.29) is 11.4 Å². The van der Waals surface area contributed by atoms with Crippen LogP contribution in [0, 0.1) is 0 Å². The lowest BCUT2D eigenvalue weighted by Gasteiger charge is -2.39. The van der Waals surface area contributed by atoms with E-state index >= 15 is 0 Å². The molecule has 198 valence electrons. The highest BCUT2D eigenvalue weighted by Crippen LogP contribution is 2.50. The van der Waals surface area contributed by atoms with Gasteiger partial charge >= 0.3 is 6.03 Å². The molecule has 0 radical (unpaired) electrons. The van der Waals surface area contributed by atoms with Gasteiger partial charge in [0.05, 0.1) is 22.8 Å². The molecule has 0 saturated carbocycles. The Morgan fingerprint density at radius 1 is 1.08 bits per heavy atom. The largest absolute Gasteiger partial charge is 0.481 e. The van der Waals surface area contributed by atoms with Crippen molar-refractivity contribution in [1.29, 1.82) is 0 Å². The van der Waals surface area contributed by atoms with Gasteiger partial charge in [-0.05, 0) is 67.4 Å². The fourth-order valence-electron chi connectivity index (χ4n) is 5.31. The van der Waals surface area contributed by atoms with Gasteiger partial charge in [-0.3, -0.25) is 9.80 Å². The molecule has 0 atom stereocenters. The van der Waals surface area contributed by atoms with Crippen molar-refractivity contribution in [3.63, 3.8) is 0 Å². The highest BCUT2D eigenvalue weighted by atomic mass is 35.5. The lowest BCUT2D eigenvalue weighted by Crippen LogP contribution is -2.47. The molecule has 2 aromatic heterocycles. The summed E-state index contributed by atoms with van der Waals surface area (Å²) >= 11 is 18.2. The third kappa shape index (κ3) is 5.61. The standard InChI is InChI=1S/C28H28Cl3N5O2/c1-38-26-25-23(7-11-33-26)36(27(37)34-17-20-6-10-32-24(31)16-20)18-28(25)8-13-35(14-9-28)12-2-3-19-4-5-21(29)22(30)15-19/h2-7,10-11,15-16H,8-9,12-14,17-18H2,1H3,(H,34,37). The number of urea groups is 1. The minimum atomic E-state index is -0.212. The number of hydrogen-bond acceptors (Lipinski definition) is 5. The Morgan fingerprint density at radius 2 is 1.87 bits per heavy atom. The fourth-order valence-corrected chi connectivity index (χ4v) is 5.81. The summed E-state index contributed by atoms with van der Waals surface area (Å²) in [5, 5.41) is 4.53. The van der Waals surface area contributed by atoms with Crippen molar-refractivity contribution in [3.8, 4) is 5.88 Å². The van der Waals surface area contributed by atoms with E-state index in [0.717, 1.165) is 54.9 Å². The molecule has 1 N–H and O–H groups in total. The van der Waals surface area contributed by atoms with Crippen molar-refractivity contribution in [2.24, 2.45) is 0 Å². The van der Waals surface area contributed by atoms with Crippen molar-refractivity contribution >= 4 is 52.6 Å². The summed E-state index contributed by atoms with van der Waals surface area (Å²) in [4.78, 5) is 26.1. The Labute approximate surface area is 237 Å². The van der Waals surface area contributed by atoms with Crippen LogP contribution in [0.3, 0.4) is 0 Å². The Morgan fingerprint density at radius 3 is 2.61 bits per heavy atom. The SMILES string of the molecule is COc1nccc2c1C1(CCN(CC=Cc3ccc(Cl)c(Cl)c3)CC1)CN2C(=O)NCc1ccnc(Cl)c1. The number of methoxy groups -OCH3 is 1. The third-order valence-electron chi connectivity index (χ3n) is 7.28. The maximum Gasteiger partial charge on any atom is 0.322 e. The van der Waals surface area contributed by atoms with Gasteiger partial charge in [0.1, 0.15) is 5.15 Å². The number of ether oxygens (including phenoxy) is 1. The van der Waals surface area contributed by atoms with Crippen molar-refractivity contribution in [3.05, 3.63) is 86.8 Å². The zero-order chi connectivity index (χ0) is 26.7. The van der Waals surface area contributed by atoms with E-state index in [9.17, 15) is 4.79 Å². The summed E-state index contributed by atoms with van der Waals surface area (Å²) in [6.45, 7) is 3.57. The van der Waals surface area contributed by atoms with Crippen LogP contribution in [0.4, 0.5) is 10.5 Å². The van der Waals surface area contributed by atoms with Gasteiger partial charge in [-0.1, -0.05) is 53.0 Å². The van der Waals surface area contributed by atoms with Gasteiger partial charge in [-0.15, -0.1) is 0 Å². The first-order valence-corrected chi connectivity index (χ1v) is 13.6. The molecule has 2 aliphatic heterocycles. The molecule has 10 heteroatoms. The molecular formula is C28H28Cl3N5O2. The number of amides is 2. The second-order valence-electron chi connectivity index (χ2n) is 9.60. The maximum absolute atomic E-state index is 13.3. The van der Waals surface area contributed by atoms with Crippen molar-refractivity contribution < 1.29 is 9.53 Å². The molecule has 0 aliphatic carbocycles. The molecule has 4 heterocycles. The number of pyridine rings is 2. The van der Waals surface area contributed by atoms with Crippen LogP contribution in [0.2, 0.25) is 15.2 Å². The number of halogens is 3. The van der Waals surface area contributed by atoms with E-state index in [2.05, 4.69) is 32.3 Å². The van der Waals surface area contributed by atoms with E-state index in [1.165, 1.54) is 0 Å². The predicted octanol–water partition coefficient (Wildman–Crippen LogP) is 6.22. The molecule has 2 aliphatic rings. The summed E-state index contributed by atoms with van der Waals surface area (Å²) < 4.78 is 5.68. The molecule has 2 amide bonds. The van der Waals surface area contributed by atoms with Gasteiger partial charge in [0.15, 0.2) is 0 Å². The van der Waals surface area contributed by atoms with Gasteiger partial charge in [-0.2, -0.15) is 0 Å². The first-order valence-electron chi connectivity index (χ1n) is 12.4. The first kappa shape index (κ1) is 26.8. The molecule has 0 unspecified atom stereocenters. The Kier molecular flexibility index (Phi) is 8.09. The van der Waals surface area contributed by atoms with E-state index in [1.54, 1.807) is 31.6 Å². The van der Waals surface area contributed by atoms with Crippen LogP contribution in [-0.4, -0.2) is 54.2 Å². The Bertz CT molecular complexity index is 1360. The second-order valence-corrected chi connectivity index (χ2v) is 10.8. The molecule has 7 nitrogen and oxygen atoms in total. The summed E-state index contributed by atoms with van der Waals surface area (Å²) in [6, 6.07) is 11.0. The number of rotatable bonds is 6. The zero-order valence-electron chi connectivity index (χ0n) is 21.0. The number of anilines is 1. The van der Waals surface area contributed by atoms with E-state index in [0.29, 0.717) is 34.2 Å². The smallest absolute Gasteiger partial charge is 0.322 e. The van der Waals surface area contributed by atoms with Gasteiger partial charge in [0.25, 0.3) is 0 Å². The van der Waals surface area contributed by atoms with Crippen molar-refractivity contribution in [1.82, 2.24) is 20.2 Å². The van der Waals surface area contributed by atoms with Crippen LogP contribution in [0.25, 0.3) is 6.08 Å². The van der Waals surface area contributed by atoms with Crippen LogP contribution in [0.1, 0.15) is 29.5 Å². The van der Waals surface area contributed by atoms with E-state index in [4.69, 9.17) is 39.5 Å². The molecule has 1 fully saturated rings. The second kappa shape index (κ2) is 11.5. The number of aromatic nitrogens is 2. The van der Waals surface area contributed by atoms with Gasteiger partial charge in [0.2, 0.25) is 5.88 Å². The normalized spacial score (nSPS) is 16.7. The lowest BCUT2D eigenvalue weighted by atomic mass is 9.74. The molecular weight excluding hydrogens is 545 g/mol. The number of benzene rings is 1. The summed E-state index contributed by atoms with van der Waals surface area (Å²) in [6.07, 6.45) is 9.33. The first-order chi connectivity index (χ1) is 18.4. The van der Waals surface area contributed by atoms with Crippen LogP contribution < -0.4 is 15.0 Å². The monoisotopic (exact) mass is 571 g/mol. The highest BCUT2D eigenvalue weighted by Gasteiger charge is 2.48. The number of fused-ring (bicyclic) bond motifs is 2. The molecule has 0 bridgehead atoms. The number of nitrogens with zero attached hydrogens (tertiary/aromatic N) is 4. The molecule has 38 heavy (non-hydrogen) atoms. The minimum Gasteiger partial charge on any atom is -0.481 e. The number of carbonyl (C=O) groups excluding carboxylic acids is 1. The summed E-state index contributed by atoms with van der Waals surface area (Å²) in [5.41, 5.74) is 3.58. The summed E-state index contributed by atoms with van der Waals surface area (Å²) in [7, 11) is 1.63. The zero-order valence-corrected chi connectivity index (χ0v) is 23.2. The van der Waals surface area contributed by atoms with Gasteiger partial charge in [0, 0.05) is 43.0 Å². The number of carbonyl (C=O) groups is 1. The fraction of sp³-hybridized carbons (Fsp3) is 0.321. The molecule has 5 rings (SSSR count). The van der Waals surface area contributed by atoms with E-state index < -0.39 is 0 Å². The van der Waals surface area contributed by atoms with Gasteiger partial charge < -0.3 is 10.1 Å². The number of nitrogens with one attached hydrogen (secondary N) is 1. The summed E-state index contributed by atoms with van der Waals surface area (Å²) in [5.74, 6) is 0.590. The van der Waals surface area contributed by atoms with Crippen LogP contribution in [0.5, 0.6) is 5.88 Å².